The number of aromatic hydroxyl groups is 2. The van der Waals surface area contributed by atoms with Gasteiger partial charge in [-0.15, -0.1) is 0 Å². The van der Waals surface area contributed by atoms with Crippen LogP contribution in [-0.2, 0) is 16.0 Å². The summed E-state index contributed by atoms with van der Waals surface area (Å²) >= 11 is 12.7. The van der Waals surface area contributed by atoms with Crippen molar-refractivity contribution < 1.29 is 24.5 Å². The van der Waals surface area contributed by atoms with Crippen LogP contribution in [0, 0.1) is 0 Å². The van der Waals surface area contributed by atoms with E-state index in [1.165, 1.54) is 17.7 Å². The molecule has 1 aliphatic carbocycles. The van der Waals surface area contributed by atoms with Gasteiger partial charge in [0.1, 0.15) is 11.6 Å². The molecule has 2 unspecified atom stereocenters. The average molecular weight is 458 g/mol. The Kier molecular flexibility index (Phi) is 6.67. The molecule has 0 amide bonds. The molecule has 156 valence electrons. The van der Waals surface area contributed by atoms with Crippen molar-refractivity contribution >= 4 is 43.2 Å². The van der Waals surface area contributed by atoms with Crippen LogP contribution < -0.4 is 4.74 Å². The fourth-order valence-corrected chi connectivity index (χ4v) is 4.74. The maximum atomic E-state index is 11.5. The first-order valence-electron chi connectivity index (χ1n) is 8.99. The lowest BCUT2D eigenvalue weighted by Gasteiger charge is -2.22. The second-order valence-corrected chi connectivity index (χ2v) is 10.1. The molecule has 3 rings (SSSR count). The van der Waals surface area contributed by atoms with E-state index in [1.54, 1.807) is 12.1 Å². The van der Waals surface area contributed by atoms with Gasteiger partial charge >= 0.3 is 5.97 Å². The number of fused-ring (bicyclic) bond motifs is 1. The average Bonchev–Trinajstić information content (AvgIpc) is 2.94. The highest BCUT2D eigenvalue weighted by molar-refractivity contribution is 7.58. The third-order valence-corrected chi connectivity index (χ3v) is 7.57. The summed E-state index contributed by atoms with van der Waals surface area (Å²) in [4.78, 5) is 11.5. The van der Waals surface area contributed by atoms with Crippen LogP contribution in [0.15, 0.2) is 18.2 Å². The predicted octanol–water partition coefficient (Wildman–Crippen LogP) is 5.16. The van der Waals surface area contributed by atoms with Crippen molar-refractivity contribution in [1.29, 1.82) is 0 Å². The molecular weight excluding hydrogens is 436 g/mol. The quantitative estimate of drug-likeness (QED) is 0.462. The first kappa shape index (κ1) is 21.8. The summed E-state index contributed by atoms with van der Waals surface area (Å²) in [5, 5.41) is 21.9. The second kappa shape index (κ2) is 8.86. The van der Waals surface area contributed by atoms with E-state index in [0.717, 1.165) is 6.42 Å². The number of hydrogen-bond donors (Lipinski definition) is 2. The third-order valence-electron chi connectivity index (χ3n) is 4.87. The molecule has 0 saturated carbocycles. The van der Waals surface area contributed by atoms with Gasteiger partial charge < -0.3 is 19.7 Å². The molecular formula is C20H22Cl2NO5P. The number of hydrogen-bond acceptors (Lipinski definition) is 5. The smallest absolute Gasteiger partial charge is 0.309 e. The molecule has 2 atom stereocenters. The summed E-state index contributed by atoms with van der Waals surface area (Å²) in [5.41, 5.74) is 1.59. The normalized spacial score (nSPS) is 14.9. The van der Waals surface area contributed by atoms with E-state index < -0.39 is 7.92 Å². The first-order chi connectivity index (χ1) is 13.7. The highest BCUT2D eigenvalue weighted by Gasteiger charge is 2.26. The maximum absolute atomic E-state index is 11.5. The van der Waals surface area contributed by atoms with Gasteiger partial charge in [0.25, 0.3) is 0 Å². The molecule has 0 radical (unpaired) electrons. The van der Waals surface area contributed by atoms with Crippen LogP contribution in [0.3, 0.4) is 0 Å². The SMILES string of the molecule is COC(=O)CP(C)C(C)Oc1cc(-n2c(O)c3c(c2O)CCC=C3)c(Cl)cc1Cl. The predicted molar refractivity (Wildman–Crippen MR) is 116 cm³/mol. The molecule has 0 spiro atoms. The number of ether oxygens (including phenoxy) is 2. The number of benzene rings is 1. The highest BCUT2D eigenvalue weighted by atomic mass is 35.5. The molecule has 2 N–H and O–H groups in total. The molecule has 6 nitrogen and oxygen atoms in total. The van der Waals surface area contributed by atoms with E-state index >= 15 is 0 Å². The Morgan fingerprint density at radius 1 is 1.28 bits per heavy atom. The van der Waals surface area contributed by atoms with E-state index in [-0.39, 0.29) is 34.8 Å². The van der Waals surface area contributed by atoms with Gasteiger partial charge in [-0.2, -0.15) is 0 Å². The number of halogens is 2. The van der Waals surface area contributed by atoms with Crippen LogP contribution >= 0.6 is 31.1 Å². The molecule has 2 aromatic rings. The van der Waals surface area contributed by atoms with Crippen LogP contribution in [0.1, 0.15) is 24.5 Å². The van der Waals surface area contributed by atoms with Crippen LogP contribution in [0.2, 0.25) is 10.0 Å². The number of aromatic nitrogens is 1. The van der Waals surface area contributed by atoms with E-state index in [0.29, 0.717) is 34.0 Å². The molecule has 1 heterocycles. The molecule has 0 aliphatic heterocycles. The highest BCUT2D eigenvalue weighted by Crippen LogP contribution is 2.45. The van der Waals surface area contributed by atoms with Crippen molar-refractivity contribution in [3.8, 4) is 23.2 Å². The molecule has 0 saturated heterocycles. The van der Waals surface area contributed by atoms with E-state index in [4.69, 9.17) is 32.7 Å². The number of esters is 1. The molecule has 1 aromatic carbocycles. The zero-order valence-electron chi connectivity index (χ0n) is 16.3. The molecule has 29 heavy (non-hydrogen) atoms. The Hall–Kier alpha value is -1.88. The van der Waals surface area contributed by atoms with Crippen molar-refractivity contribution in [1.82, 2.24) is 4.57 Å². The van der Waals surface area contributed by atoms with Crippen LogP contribution in [0.5, 0.6) is 17.5 Å². The minimum absolute atomic E-state index is 0.0616. The van der Waals surface area contributed by atoms with Crippen molar-refractivity contribution in [3.05, 3.63) is 39.4 Å². The topological polar surface area (TPSA) is 80.9 Å². The molecule has 1 aliphatic rings. The summed E-state index contributed by atoms with van der Waals surface area (Å²) in [6.07, 6.45) is 5.40. The van der Waals surface area contributed by atoms with Crippen molar-refractivity contribution in [3.63, 3.8) is 0 Å². The van der Waals surface area contributed by atoms with Gasteiger partial charge in [0.05, 0.1) is 29.0 Å². The van der Waals surface area contributed by atoms with E-state index in [1.807, 2.05) is 19.7 Å². The minimum Gasteiger partial charge on any atom is -0.494 e. The fraction of sp³-hybridized carbons (Fsp3) is 0.350. The van der Waals surface area contributed by atoms with Crippen LogP contribution in [0.25, 0.3) is 11.8 Å². The Labute approximate surface area is 180 Å². The fourth-order valence-electron chi connectivity index (χ4n) is 3.14. The standard InChI is InChI=1S/C20H22Cl2NO5P/c1-11(29(3)10-18(24)27-2)28-17-9-16(14(21)8-15(17)22)23-19(25)12-6-4-5-7-13(12)20(23)26/h4,6,8-9,11,25-26H,5,7,10H2,1-3H3. The van der Waals surface area contributed by atoms with Gasteiger partial charge in [0, 0.05) is 17.2 Å². The van der Waals surface area contributed by atoms with Crippen LogP contribution in [-0.4, -0.2) is 46.5 Å². The van der Waals surface area contributed by atoms with E-state index in [9.17, 15) is 15.0 Å². The Balaban J connectivity index is 1.96. The van der Waals surface area contributed by atoms with Crippen LogP contribution in [0.4, 0.5) is 0 Å². The Bertz CT molecular complexity index is 973. The van der Waals surface area contributed by atoms with E-state index in [2.05, 4.69) is 0 Å². The lowest BCUT2D eigenvalue weighted by atomic mass is 10.0. The largest absolute Gasteiger partial charge is 0.494 e. The molecule has 0 fully saturated rings. The monoisotopic (exact) mass is 457 g/mol. The zero-order chi connectivity index (χ0) is 21.3. The maximum Gasteiger partial charge on any atom is 0.309 e. The van der Waals surface area contributed by atoms with Crippen molar-refractivity contribution in [2.75, 3.05) is 19.9 Å². The van der Waals surface area contributed by atoms with Gasteiger partial charge in [-0.05, 0) is 32.5 Å². The number of nitrogens with zero attached hydrogens (tertiary/aromatic N) is 1. The number of allylic oxidation sites excluding steroid dienone is 1. The molecule has 0 bridgehead atoms. The van der Waals surface area contributed by atoms with Gasteiger partial charge in [-0.25, -0.2) is 4.57 Å². The Morgan fingerprint density at radius 3 is 2.66 bits per heavy atom. The first-order valence-corrected chi connectivity index (χ1v) is 11.8. The van der Waals surface area contributed by atoms with Gasteiger partial charge in [-0.1, -0.05) is 43.3 Å². The summed E-state index contributed by atoms with van der Waals surface area (Å²) in [6.45, 7) is 3.79. The van der Waals surface area contributed by atoms with Crippen molar-refractivity contribution in [2.45, 2.75) is 25.6 Å². The summed E-state index contributed by atoms with van der Waals surface area (Å²) < 4.78 is 12.0. The van der Waals surface area contributed by atoms with Gasteiger partial charge in [0.2, 0.25) is 11.8 Å². The lowest BCUT2D eigenvalue weighted by molar-refractivity contribution is -0.137. The molecule has 1 aromatic heterocycles. The second-order valence-electron chi connectivity index (χ2n) is 6.76. The Morgan fingerprint density at radius 2 is 2.00 bits per heavy atom. The third kappa shape index (κ3) is 4.35. The number of rotatable bonds is 6. The summed E-state index contributed by atoms with van der Waals surface area (Å²) in [6, 6.07) is 3.09. The summed E-state index contributed by atoms with van der Waals surface area (Å²) in [7, 11) is 0.543. The number of methoxy groups -OCH3 is 1. The van der Waals surface area contributed by atoms with Crippen molar-refractivity contribution in [2.24, 2.45) is 0 Å². The van der Waals surface area contributed by atoms with Gasteiger partial charge in [-0.3, -0.25) is 4.79 Å². The summed E-state index contributed by atoms with van der Waals surface area (Å²) in [5.74, 6) is -0.385. The lowest BCUT2D eigenvalue weighted by Crippen LogP contribution is -2.16. The zero-order valence-corrected chi connectivity index (χ0v) is 18.7. The minimum atomic E-state index is -0.808. The number of carbonyl (C=O) groups excluding carboxylic acids is 1. The van der Waals surface area contributed by atoms with Gasteiger partial charge in [0.15, 0.2) is 0 Å². The molecule has 9 heteroatoms. The number of carbonyl (C=O) groups is 1.